The lowest BCUT2D eigenvalue weighted by atomic mass is 9.70. The van der Waals surface area contributed by atoms with Crippen molar-refractivity contribution >= 4 is 0 Å². The van der Waals surface area contributed by atoms with Gasteiger partial charge in [-0.05, 0) is 29.6 Å². The van der Waals surface area contributed by atoms with Crippen LogP contribution >= 0.6 is 0 Å². The molecule has 2 rings (SSSR count). The molecule has 2 saturated carbocycles. The Morgan fingerprint density at radius 3 is 2.23 bits per heavy atom. The van der Waals surface area contributed by atoms with Crippen molar-refractivity contribution in [3.8, 4) is 0 Å². The molecule has 2 fully saturated rings. The molecule has 0 radical (unpaired) electrons. The van der Waals surface area contributed by atoms with Crippen LogP contribution in [-0.4, -0.2) is 22.9 Å². The van der Waals surface area contributed by atoms with Crippen LogP contribution in [0.3, 0.4) is 0 Å². The molecule has 0 spiro atoms. The van der Waals surface area contributed by atoms with E-state index in [0.29, 0.717) is 5.92 Å². The lowest BCUT2D eigenvalue weighted by molar-refractivity contribution is -0.0236. The maximum atomic E-state index is 10.1. The summed E-state index contributed by atoms with van der Waals surface area (Å²) >= 11 is 0. The molecule has 76 valence electrons. The Balaban J connectivity index is 2.39. The smallest absolute Gasteiger partial charge is 0.0651 e. The number of fused-ring (bicyclic) bond motifs is 2. The monoisotopic (exact) mass is 184 g/mol. The van der Waals surface area contributed by atoms with E-state index < -0.39 is 0 Å². The summed E-state index contributed by atoms with van der Waals surface area (Å²) in [6, 6.07) is 0. The fraction of sp³-hybridized carbons (Fsp3) is 1.00. The first-order valence-corrected chi connectivity index (χ1v) is 5.24. The van der Waals surface area contributed by atoms with E-state index in [-0.39, 0.29) is 29.5 Å². The molecule has 0 aromatic heterocycles. The summed E-state index contributed by atoms with van der Waals surface area (Å²) in [6.07, 6.45) is 1.99. The molecular formula is C11H20O2. The third kappa shape index (κ3) is 0.861. The number of hydrogen-bond donors (Lipinski definition) is 2. The summed E-state index contributed by atoms with van der Waals surface area (Å²) in [5.74, 6) is 0.631. The summed E-state index contributed by atoms with van der Waals surface area (Å²) in [5.41, 5.74) is 0.227. The molecule has 0 aromatic carbocycles. The van der Waals surface area contributed by atoms with E-state index in [2.05, 4.69) is 20.8 Å². The first-order chi connectivity index (χ1) is 5.95. The largest absolute Gasteiger partial charge is 0.396 e. The highest BCUT2D eigenvalue weighted by Gasteiger charge is 2.65. The minimum Gasteiger partial charge on any atom is -0.396 e. The molecule has 2 N–H and O–H groups in total. The van der Waals surface area contributed by atoms with Gasteiger partial charge in [-0.1, -0.05) is 20.8 Å². The van der Waals surface area contributed by atoms with Gasteiger partial charge in [0, 0.05) is 12.5 Å². The van der Waals surface area contributed by atoms with E-state index in [4.69, 9.17) is 0 Å². The third-order valence-electron chi connectivity index (χ3n) is 5.16. The molecule has 2 heteroatoms. The van der Waals surface area contributed by atoms with Gasteiger partial charge in [-0.2, -0.15) is 0 Å². The van der Waals surface area contributed by atoms with Crippen LogP contribution in [0.15, 0.2) is 0 Å². The number of rotatable bonds is 1. The van der Waals surface area contributed by atoms with E-state index >= 15 is 0 Å². The zero-order chi connectivity index (χ0) is 9.85. The van der Waals surface area contributed by atoms with Crippen molar-refractivity contribution in [3.63, 3.8) is 0 Å². The predicted molar refractivity (Wildman–Crippen MR) is 51.2 cm³/mol. The summed E-state index contributed by atoms with van der Waals surface area (Å²) in [6.45, 7) is 6.80. The highest BCUT2D eigenvalue weighted by molar-refractivity contribution is 5.14. The summed E-state index contributed by atoms with van der Waals surface area (Å²) in [7, 11) is 0. The number of aliphatic hydroxyl groups is 2. The van der Waals surface area contributed by atoms with E-state index in [1.54, 1.807) is 0 Å². The van der Waals surface area contributed by atoms with Crippen LogP contribution in [0.25, 0.3) is 0 Å². The lowest BCUT2D eigenvalue weighted by Crippen LogP contribution is -2.38. The predicted octanol–water partition coefficient (Wildman–Crippen LogP) is 1.41. The molecule has 0 aromatic rings. The molecule has 0 unspecified atom stereocenters. The van der Waals surface area contributed by atoms with Crippen LogP contribution in [0.1, 0.15) is 33.6 Å². The summed E-state index contributed by atoms with van der Waals surface area (Å²) in [5, 5.41) is 19.4. The Labute approximate surface area is 80.0 Å². The van der Waals surface area contributed by atoms with Gasteiger partial charge in [-0.15, -0.1) is 0 Å². The molecule has 0 aliphatic heterocycles. The molecule has 0 heterocycles. The van der Waals surface area contributed by atoms with E-state index in [9.17, 15) is 10.2 Å². The van der Waals surface area contributed by atoms with Crippen molar-refractivity contribution in [3.05, 3.63) is 0 Å². The van der Waals surface area contributed by atoms with Gasteiger partial charge in [0.1, 0.15) is 0 Å². The molecule has 13 heavy (non-hydrogen) atoms. The molecule has 2 aliphatic carbocycles. The van der Waals surface area contributed by atoms with Crippen LogP contribution in [0, 0.1) is 22.7 Å². The van der Waals surface area contributed by atoms with Gasteiger partial charge in [-0.3, -0.25) is 0 Å². The zero-order valence-electron chi connectivity index (χ0n) is 8.75. The molecule has 0 amide bonds. The summed E-state index contributed by atoms with van der Waals surface area (Å²) < 4.78 is 0. The average Bonchev–Trinajstić information content (AvgIpc) is 2.36. The Hall–Kier alpha value is -0.0800. The topological polar surface area (TPSA) is 40.5 Å². The van der Waals surface area contributed by atoms with Gasteiger partial charge < -0.3 is 10.2 Å². The van der Waals surface area contributed by atoms with Gasteiger partial charge in [0.05, 0.1) is 6.10 Å². The molecule has 2 nitrogen and oxygen atoms in total. The quantitative estimate of drug-likeness (QED) is 0.647. The van der Waals surface area contributed by atoms with Gasteiger partial charge in [0.2, 0.25) is 0 Å². The second-order valence-electron chi connectivity index (χ2n) is 5.58. The van der Waals surface area contributed by atoms with Crippen LogP contribution < -0.4 is 0 Å². The Morgan fingerprint density at radius 1 is 1.31 bits per heavy atom. The van der Waals surface area contributed by atoms with Crippen LogP contribution in [0.5, 0.6) is 0 Å². The highest BCUT2D eigenvalue weighted by atomic mass is 16.3. The fourth-order valence-electron chi connectivity index (χ4n) is 3.76. The maximum absolute atomic E-state index is 10.1. The van der Waals surface area contributed by atoms with Crippen molar-refractivity contribution in [2.75, 3.05) is 6.61 Å². The number of aliphatic hydroxyl groups excluding tert-OH is 2. The highest BCUT2D eigenvalue weighted by Crippen LogP contribution is 2.67. The van der Waals surface area contributed by atoms with Gasteiger partial charge in [-0.25, -0.2) is 0 Å². The van der Waals surface area contributed by atoms with Crippen LogP contribution in [-0.2, 0) is 0 Å². The van der Waals surface area contributed by atoms with Gasteiger partial charge in [0.25, 0.3) is 0 Å². The van der Waals surface area contributed by atoms with Crippen molar-refractivity contribution < 1.29 is 10.2 Å². The molecule has 4 atom stereocenters. The van der Waals surface area contributed by atoms with Crippen molar-refractivity contribution in [2.24, 2.45) is 22.7 Å². The first-order valence-electron chi connectivity index (χ1n) is 5.24. The molecule has 2 aliphatic rings. The zero-order valence-corrected chi connectivity index (χ0v) is 8.75. The molecular weight excluding hydrogens is 164 g/mol. The molecule has 2 bridgehead atoms. The average molecular weight is 184 g/mol. The van der Waals surface area contributed by atoms with Crippen molar-refractivity contribution in [1.29, 1.82) is 0 Å². The van der Waals surface area contributed by atoms with Crippen LogP contribution in [0.2, 0.25) is 0 Å². The summed E-state index contributed by atoms with van der Waals surface area (Å²) in [4.78, 5) is 0. The normalized spacial score (nSPS) is 52.8. The first kappa shape index (κ1) is 9.47. The Kier molecular flexibility index (Phi) is 1.81. The van der Waals surface area contributed by atoms with Crippen molar-refractivity contribution in [2.45, 2.75) is 39.7 Å². The molecule has 0 saturated heterocycles. The second-order valence-corrected chi connectivity index (χ2v) is 5.58. The standard InChI is InChI=1S/C11H20O2/c1-10(2)8-4-5-11(10,3)9(13)7(8)6-12/h7-9,12-13H,4-6H2,1-3H3/t7-,8+,9-,11-/m0/s1. The van der Waals surface area contributed by atoms with Gasteiger partial charge >= 0.3 is 0 Å². The maximum Gasteiger partial charge on any atom is 0.0651 e. The second kappa shape index (κ2) is 2.48. The Morgan fingerprint density at radius 2 is 1.92 bits per heavy atom. The van der Waals surface area contributed by atoms with Crippen LogP contribution in [0.4, 0.5) is 0 Å². The fourth-order valence-corrected chi connectivity index (χ4v) is 3.76. The van der Waals surface area contributed by atoms with E-state index in [1.165, 1.54) is 6.42 Å². The lowest BCUT2D eigenvalue weighted by Gasteiger charge is -2.37. The van der Waals surface area contributed by atoms with Gasteiger partial charge in [0.15, 0.2) is 0 Å². The minimum absolute atomic E-state index is 0.0328. The third-order valence-corrected chi connectivity index (χ3v) is 5.16. The minimum atomic E-state index is -0.300. The SMILES string of the molecule is CC1(C)[C@@H]2CC[C@@]1(C)[C@@H](O)[C@H]2CO. The van der Waals surface area contributed by atoms with E-state index in [1.807, 2.05) is 0 Å². The van der Waals surface area contributed by atoms with Crippen molar-refractivity contribution in [1.82, 2.24) is 0 Å². The Bertz CT molecular complexity index is 224. The number of hydrogen-bond acceptors (Lipinski definition) is 2. The van der Waals surface area contributed by atoms with E-state index in [0.717, 1.165) is 6.42 Å².